The maximum absolute atomic E-state index is 12.5. The highest BCUT2D eigenvalue weighted by Gasteiger charge is 2.18. The van der Waals surface area contributed by atoms with Crippen molar-refractivity contribution in [3.63, 3.8) is 0 Å². The number of fused-ring (bicyclic) bond motifs is 1. The lowest BCUT2D eigenvalue weighted by molar-refractivity contribution is -0.141. The lowest BCUT2D eigenvalue weighted by Gasteiger charge is -2.07. The second-order valence-corrected chi connectivity index (χ2v) is 6.17. The Kier molecular flexibility index (Phi) is 5.74. The van der Waals surface area contributed by atoms with Crippen LogP contribution in [0.15, 0.2) is 48.5 Å². The molecule has 3 rings (SSSR count). The summed E-state index contributed by atoms with van der Waals surface area (Å²) in [5, 5.41) is 3.25. The monoisotopic (exact) mass is 380 g/mol. The minimum atomic E-state index is -0.693. The first-order valence-corrected chi connectivity index (χ1v) is 8.68. The molecule has 7 heteroatoms. The fraction of sp³-hybridized carbons (Fsp3) is 0.190. The summed E-state index contributed by atoms with van der Waals surface area (Å²) in [7, 11) is 1.50. The first kappa shape index (κ1) is 19.2. The zero-order valence-electron chi connectivity index (χ0n) is 15.6. The molecule has 7 nitrogen and oxygen atoms in total. The molecule has 0 saturated heterocycles. The summed E-state index contributed by atoms with van der Waals surface area (Å²) in [5.74, 6) is -0.894. The number of carbonyl (C=O) groups excluding carboxylic acids is 3. The Balaban J connectivity index is 1.54. The van der Waals surface area contributed by atoms with Crippen LogP contribution in [0.25, 0.3) is 10.9 Å². The predicted octanol–water partition coefficient (Wildman–Crippen LogP) is 2.64. The molecule has 0 unspecified atom stereocenters. The van der Waals surface area contributed by atoms with Gasteiger partial charge in [0.15, 0.2) is 6.61 Å². The number of aromatic nitrogens is 1. The largest absolute Gasteiger partial charge is 0.497 e. The molecule has 0 bridgehead atoms. The molecule has 1 amide bonds. The van der Waals surface area contributed by atoms with E-state index < -0.39 is 18.5 Å². The Morgan fingerprint density at radius 3 is 2.64 bits per heavy atom. The zero-order valence-corrected chi connectivity index (χ0v) is 15.6. The van der Waals surface area contributed by atoms with E-state index in [1.54, 1.807) is 31.2 Å². The Hall–Kier alpha value is -3.61. The number of hydrogen-bond acceptors (Lipinski definition) is 5. The third kappa shape index (κ3) is 4.20. The molecule has 3 aromatic rings. The molecule has 0 atom stereocenters. The van der Waals surface area contributed by atoms with Crippen LogP contribution in [0.3, 0.4) is 0 Å². The summed E-state index contributed by atoms with van der Waals surface area (Å²) in [4.78, 5) is 39.6. The van der Waals surface area contributed by atoms with Gasteiger partial charge in [-0.05, 0) is 31.2 Å². The van der Waals surface area contributed by atoms with Crippen molar-refractivity contribution in [3.8, 4) is 5.75 Å². The second kappa shape index (κ2) is 8.39. The van der Waals surface area contributed by atoms with Crippen LogP contribution in [-0.4, -0.2) is 42.9 Å². The topological polar surface area (TPSA) is 97.5 Å². The molecule has 0 aliphatic rings. The van der Waals surface area contributed by atoms with Gasteiger partial charge in [0.25, 0.3) is 5.91 Å². The summed E-state index contributed by atoms with van der Waals surface area (Å²) >= 11 is 0. The molecule has 0 saturated carbocycles. The molecular weight excluding hydrogens is 360 g/mol. The number of esters is 1. The van der Waals surface area contributed by atoms with Crippen molar-refractivity contribution in [1.82, 2.24) is 10.3 Å². The van der Waals surface area contributed by atoms with Gasteiger partial charge in [0.1, 0.15) is 12.3 Å². The van der Waals surface area contributed by atoms with Gasteiger partial charge >= 0.3 is 5.97 Å². The number of rotatable bonds is 7. The average molecular weight is 380 g/mol. The Morgan fingerprint density at radius 2 is 1.86 bits per heavy atom. The number of benzene rings is 2. The Morgan fingerprint density at radius 1 is 1.07 bits per heavy atom. The van der Waals surface area contributed by atoms with Crippen LogP contribution in [0.1, 0.15) is 26.4 Å². The first-order valence-electron chi connectivity index (χ1n) is 8.68. The fourth-order valence-electron chi connectivity index (χ4n) is 2.92. The van der Waals surface area contributed by atoms with E-state index in [1.165, 1.54) is 7.11 Å². The molecule has 144 valence electrons. The highest BCUT2D eigenvalue weighted by Crippen LogP contribution is 2.22. The first-order chi connectivity index (χ1) is 13.5. The summed E-state index contributed by atoms with van der Waals surface area (Å²) in [6.07, 6.45) is 0. The van der Waals surface area contributed by atoms with Gasteiger partial charge in [0.2, 0.25) is 5.78 Å². The predicted molar refractivity (Wildman–Crippen MR) is 104 cm³/mol. The minimum absolute atomic E-state index is 0.303. The van der Waals surface area contributed by atoms with Gasteiger partial charge in [-0.3, -0.25) is 14.4 Å². The number of hydrogen-bond donors (Lipinski definition) is 2. The van der Waals surface area contributed by atoms with E-state index in [4.69, 9.17) is 9.47 Å². The number of para-hydroxylation sites is 1. The molecule has 0 fully saturated rings. The molecule has 0 aliphatic carbocycles. The van der Waals surface area contributed by atoms with E-state index in [1.807, 2.05) is 24.3 Å². The quantitative estimate of drug-likeness (QED) is 0.485. The van der Waals surface area contributed by atoms with E-state index in [9.17, 15) is 14.4 Å². The van der Waals surface area contributed by atoms with Crippen molar-refractivity contribution in [3.05, 3.63) is 65.4 Å². The summed E-state index contributed by atoms with van der Waals surface area (Å²) < 4.78 is 10.1. The zero-order chi connectivity index (χ0) is 20.1. The molecule has 2 aromatic carbocycles. The number of Topliss-reactive ketones (excluding diaryl/α,β-unsaturated/α-hetero) is 1. The van der Waals surface area contributed by atoms with Crippen LogP contribution in [0.5, 0.6) is 5.75 Å². The van der Waals surface area contributed by atoms with E-state index in [0.29, 0.717) is 22.6 Å². The van der Waals surface area contributed by atoms with Crippen molar-refractivity contribution >= 4 is 28.6 Å². The van der Waals surface area contributed by atoms with E-state index >= 15 is 0 Å². The van der Waals surface area contributed by atoms with Crippen molar-refractivity contribution in [2.75, 3.05) is 20.3 Å². The smallest absolute Gasteiger partial charge is 0.325 e. The average Bonchev–Trinajstić information content (AvgIpc) is 3.05. The van der Waals surface area contributed by atoms with Gasteiger partial charge in [0, 0.05) is 27.7 Å². The van der Waals surface area contributed by atoms with Crippen LogP contribution in [0.4, 0.5) is 0 Å². The normalized spacial score (nSPS) is 10.5. The number of H-pyrrole nitrogens is 1. The third-order valence-corrected chi connectivity index (χ3v) is 4.26. The highest BCUT2D eigenvalue weighted by atomic mass is 16.5. The van der Waals surface area contributed by atoms with Crippen LogP contribution in [0, 0.1) is 6.92 Å². The van der Waals surface area contributed by atoms with E-state index in [2.05, 4.69) is 10.3 Å². The SMILES string of the molecule is COc1cccc(C(=O)NCC(=O)OCC(=O)c2c(C)[nH]c3ccccc23)c1. The van der Waals surface area contributed by atoms with Crippen molar-refractivity contribution in [1.29, 1.82) is 0 Å². The van der Waals surface area contributed by atoms with Gasteiger partial charge in [-0.25, -0.2) is 0 Å². The van der Waals surface area contributed by atoms with Crippen molar-refractivity contribution in [2.24, 2.45) is 0 Å². The molecule has 0 radical (unpaired) electrons. The molecule has 1 heterocycles. The Labute approximate surface area is 161 Å². The van der Waals surface area contributed by atoms with Crippen LogP contribution in [-0.2, 0) is 9.53 Å². The number of amides is 1. The molecule has 0 spiro atoms. The van der Waals surface area contributed by atoms with Gasteiger partial charge in [-0.1, -0.05) is 24.3 Å². The number of ketones is 1. The number of methoxy groups -OCH3 is 1. The van der Waals surface area contributed by atoms with Gasteiger partial charge < -0.3 is 19.8 Å². The van der Waals surface area contributed by atoms with Gasteiger partial charge in [-0.2, -0.15) is 0 Å². The summed E-state index contributed by atoms with van der Waals surface area (Å²) in [6, 6.07) is 14.0. The van der Waals surface area contributed by atoms with Gasteiger partial charge in [0.05, 0.1) is 7.11 Å². The van der Waals surface area contributed by atoms with Crippen LogP contribution >= 0.6 is 0 Å². The van der Waals surface area contributed by atoms with E-state index in [-0.39, 0.29) is 12.3 Å². The van der Waals surface area contributed by atoms with Crippen LogP contribution < -0.4 is 10.1 Å². The number of nitrogens with one attached hydrogen (secondary N) is 2. The lowest BCUT2D eigenvalue weighted by Crippen LogP contribution is -2.31. The van der Waals surface area contributed by atoms with Gasteiger partial charge in [-0.15, -0.1) is 0 Å². The standard InChI is InChI=1S/C21H20N2O5/c1-13-20(16-8-3-4-9-17(16)23-13)18(24)12-28-19(25)11-22-21(26)14-6-5-7-15(10-14)27-2/h3-10,23H,11-12H2,1-2H3,(H,22,26). The maximum atomic E-state index is 12.5. The minimum Gasteiger partial charge on any atom is -0.497 e. The Bertz CT molecular complexity index is 1040. The lowest BCUT2D eigenvalue weighted by atomic mass is 10.1. The number of carbonyl (C=O) groups is 3. The molecule has 1 aromatic heterocycles. The van der Waals surface area contributed by atoms with Crippen molar-refractivity contribution in [2.45, 2.75) is 6.92 Å². The van der Waals surface area contributed by atoms with E-state index in [0.717, 1.165) is 10.9 Å². The van der Waals surface area contributed by atoms with Crippen LogP contribution in [0.2, 0.25) is 0 Å². The molecular formula is C21H20N2O5. The maximum Gasteiger partial charge on any atom is 0.325 e. The number of aryl methyl sites for hydroxylation is 1. The molecule has 28 heavy (non-hydrogen) atoms. The summed E-state index contributed by atoms with van der Waals surface area (Å²) in [5.41, 5.74) is 2.43. The number of ether oxygens (including phenoxy) is 2. The summed E-state index contributed by atoms with van der Waals surface area (Å²) in [6.45, 7) is 1.07. The number of aromatic amines is 1. The highest BCUT2D eigenvalue weighted by molar-refractivity contribution is 6.10. The molecule has 0 aliphatic heterocycles. The van der Waals surface area contributed by atoms with Crippen molar-refractivity contribution < 1.29 is 23.9 Å². The fourth-order valence-corrected chi connectivity index (χ4v) is 2.92. The molecule has 2 N–H and O–H groups in total. The second-order valence-electron chi connectivity index (χ2n) is 6.17. The third-order valence-electron chi connectivity index (χ3n) is 4.26.